The Hall–Kier alpha value is -3.88. The fourth-order valence-corrected chi connectivity index (χ4v) is 5.28. The molecule has 3 aromatic carbocycles. The summed E-state index contributed by atoms with van der Waals surface area (Å²) in [5.74, 6) is 0.737. The lowest BCUT2D eigenvalue weighted by atomic mass is 9.98. The molecule has 1 amide bonds. The van der Waals surface area contributed by atoms with Crippen molar-refractivity contribution in [2.24, 2.45) is 0 Å². The second kappa shape index (κ2) is 24.3. The minimum atomic E-state index is -0.366. The van der Waals surface area contributed by atoms with Gasteiger partial charge in [-0.2, -0.15) is 0 Å². The molecule has 0 aliphatic heterocycles. The third-order valence-corrected chi connectivity index (χ3v) is 7.96. The lowest BCUT2D eigenvalue weighted by molar-refractivity contribution is -0.0215. The molecule has 0 saturated heterocycles. The van der Waals surface area contributed by atoms with Crippen molar-refractivity contribution in [3.05, 3.63) is 89.5 Å². The normalized spacial score (nSPS) is 12.0. The Labute approximate surface area is 300 Å². The van der Waals surface area contributed by atoms with Crippen molar-refractivity contribution in [2.75, 3.05) is 119 Å². The summed E-state index contributed by atoms with van der Waals surface area (Å²) in [4.78, 5) is 24.8. The Kier molecular flexibility index (Phi) is 19.0. The highest BCUT2D eigenvalue weighted by atomic mass is 16.6. The first kappa shape index (κ1) is 39.9. The van der Waals surface area contributed by atoms with Crippen LogP contribution >= 0.6 is 0 Å². The highest BCUT2D eigenvalue weighted by Gasteiger charge is 2.29. The molecule has 3 aromatic rings. The van der Waals surface area contributed by atoms with Gasteiger partial charge in [0.2, 0.25) is 0 Å². The van der Waals surface area contributed by atoms with Crippen molar-refractivity contribution in [3.63, 3.8) is 0 Å². The van der Waals surface area contributed by atoms with Crippen LogP contribution in [0.1, 0.15) is 27.4 Å². The Morgan fingerprint density at radius 1 is 0.569 bits per heavy atom. The van der Waals surface area contributed by atoms with E-state index in [1.807, 2.05) is 24.3 Å². The Bertz CT molecular complexity index is 1360. The molecule has 0 spiro atoms. The maximum Gasteiger partial charge on any atom is 0.409 e. The predicted octanol–water partition coefficient (Wildman–Crippen LogP) is 4.88. The van der Waals surface area contributed by atoms with Crippen LogP contribution in [-0.2, 0) is 37.9 Å². The van der Waals surface area contributed by atoms with Gasteiger partial charge < -0.3 is 47.5 Å². The summed E-state index contributed by atoms with van der Waals surface area (Å²) in [6.45, 7) is 7.62. The number of carbonyl (C=O) groups excluding carboxylic acids is 2. The highest BCUT2D eigenvalue weighted by molar-refractivity contribution is 5.79. The van der Waals surface area contributed by atoms with Crippen LogP contribution in [0.2, 0.25) is 0 Å². The molecule has 0 aromatic heterocycles. The van der Waals surface area contributed by atoms with Gasteiger partial charge in [-0.25, -0.2) is 4.79 Å². The summed E-state index contributed by atoms with van der Waals surface area (Å²) in [5, 5.41) is 0. The molecule has 51 heavy (non-hydrogen) atoms. The number of fused-ring (bicyclic) bond motifs is 3. The molecule has 1 aliphatic rings. The first-order chi connectivity index (χ1) is 25.2. The SMILES string of the molecule is CN(CCOCCOCCOCCOCCOCCOCCOCCOc1ccc(C=O)cc1)C(=O)OCC1c2ccccc2-c2ccccc21. The molecule has 0 bridgehead atoms. The number of benzene rings is 3. The van der Waals surface area contributed by atoms with Crippen LogP contribution < -0.4 is 4.74 Å². The fraction of sp³-hybridized carbons (Fsp3) is 0.487. The van der Waals surface area contributed by atoms with Crippen LogP contribution in [0.15, 0.2) is 72.8 Å². The standard InChI is InChI=1S/C39H51NO11/c1-40(39(42)51-31-38-36-8-4-2-6-34(36)35-7-3-5-9-37(35)38)14-15-43-16-17-44-18-19-45-20-21-46-22-23-47-24-25-48-26-27-49-28-29-50-33-12-10-32(30-41)11-13-33/h2-13,30,38H,14-29,31H2,1H3. The van der Waals surface area contributed by atoms with Crippen molar-refractivity contribution < 1.29 is 52.2 Å². The molecular weight excluding hydrogens is 658 g/mol. The zero-order valence-corrected chi connectivity index (χ0v) is 29.5. The topological polar surface area (TPSA) is 120 Å². The largest absolute Gasteiger partial charge is 0.491 e. The molecule has 0 fully saturated rings. The Morgan fingerprint density at radius 2 is 0.980 bits per heavy atom. The van der Waals surface area contributed by atoms with Gasteiger partial charge in [0.1, 0.15) is 25.2 Å². The van der Waals surface area contributed by atoms with E-state index >= 15 is 0 Å². The van der Waals surface area contributed by atoms with Crippen LogP contribution in [0.4, 0.5) is 4.79 Å². The van der Waals surface area contributed by atoms with Crippen LogP contribution in [0, 0.1) is 0 Å². The number of amides is 1. The summed E-state index contributed by atoms with van der Waals surface area (Å²) in [7, 11) is 1.71. The molecule has 0 atom stereocenters. The van der Waals surface area contributed by atoms with Crippen LogP contribution in [0.3, 0.4) is 0 Å². The summed E-state index contributed by atoms with van der Waals surface area (Å²) in [6.07, 6.45) is 0.430. The van der Waals surface area contributed by atoms with Gasteiger partial charge in [0.25, 0.3) is 0 Å². The molecule has 278 valence electrons. The Morgan fingerprint density at radius 3 is 1.43 bits per heavy atom. The first-order valence-electron chi connectivity index (χ1n) is 17.5. The van der Waals surface area contributed by atoms with E-state index in [0.717, 1.165) is 6.29 Å². The van der Waals surface area contributed by atoms with Crippen molar-refractivity contribution in [2.45, 2.75) is 5.92 Å². The summed E-state index contributed by atoms with van der Waals surface area (Å²) < 4.78 is 49.8. The summed E-state index contributed by atoms with van der Waals surface area (Å²) in [5.41, 5.74) is 5.40. The molecule has 4 rings (SSSR count). The van der Waals surface area contributed by atoms with Gasteiger partial charge >= 0.3 is 6.09 Å². The third kappa shape index (κ3) is 14.7. The maximum absolute atomic E-state index is 12.6. The number of likely N-dealkylation sites (N-methyl/N-ethyl adjacent to an activating group) is 1. The second-order valence-corrected chi connectivity index (χ2v) is 11.5. The monoisotopic (exact) mass is 709 g/mol. The van der Waals surface area contributed by atoms with E-state index in [2.05, 4.69) is 24.3 Å². The van der Waals surface area contributed by atoms with E-state index in [4.69, 9.17) is 42.6 Å². The van der Waals surface area contributed by atoms with E-state index in [0.29, 0.717) is 124 Å². The zero-order valence-electron chi connectivity index (χ0n) is 29.5. The van der Waals surface area contributed by atoms with E-state index in [1.165, 1.54) is 27.2 Å². The van der Waals surface area contributed by atoms with E-state index < -0.39 is 0 Å². The quantitative estimate of drug-likeness (QED) is 0.0759. The minimum Gasteiger partial charge on any atom is -0.491 e. The lowest BCUT2D eigenvalue weighted by Crippen LogP contribution is -2.32. The molecule has 0 heterocycles. The number of aldehydes is 1. The number of ether oxygens (including phenoxy) is 9. The molecular formula is C39H51NO11. The molecule has 12 heteroatoms. The van der Waals surface area contributed by atoms with Gasteiger partial charge in [-0.15, -0.1) is 0 Å². The average molecular weight is 710 g/mol. The molecule has 12 nitrogen and oxygen atoms in total. The predicted molar refractivity (Wildman–Crippen MR) is 191 cm³/mol. The Balaban J connectivity index is 0.848. The van der Waals surface area contributed by atoms with Gasteiger partial charge in [0.05, 0.1) is 92.5 Å². The molecule has 0 radical (unpaired) electrons. The number of carbonyl (C=O) groups is 2. The fourth-order valence-electron chi connectivity index (χ4n) is 5.28. The number of nitrogens with zero attached hydrogens (tertiary/aromatic N) is 1. The van der Waals surface area contributed by atoms with Gasteiger partial charge in [-0.05, 0) is 46.5 Å². The van der Waals surface area contributed by atoms with Crippen LogP contribution in [0.25, 0.3) is 11.1 Å². The molecule has 0 saturated carbocycles. The number of rotatable bonds is 28. The molecule has 0 unspecified atom stereocenters. The van der Waals surface area contributed by atoms with E-state index in [9.17, 15) is 9.59 Å². The summed E-state index contributed by atoms with van der Waals surface area (Å²) in [6, 6.07) is 23.5. The number of hydrogen-bond acceptors (Lipinski definition) is 11. The lowest BCUT2D eigenvalue weighted by Gasteiger charge is -2.19. The zero-order chi connectivity index (χ0) is 35.8. The van der Waals surface area contributed by atoms with Crippen molar-refractivity contribution in [1.82, 2.24) is 4.90 Å². The van der Waals surface area contributed by atoms with Gasteiger partial charge in [0, 0.05) is 25.1 Å². The second-order valence-electron chi connectivity index (χ2n) is 11.5. The minimum absolute atomic E-state index is 0.0372. The highest BCUT2D eigenvalue weighted by Crippen LogP contribution is 2.44. The van der Waals surface area contributed by atoms with Crippen molar-refractivity contribution in [3.8, 4) is 16.9 Å². The van der Waals surface area contributed by atoms with Crippen LogP contribution in [0.5, 0.6) is 5.75 Å². The van der Waals surface area contributed by atoms with Gasteiger partial charge in [0.15, 0.2) is 0 Å². The van der Waals surface area contributed by atoms with Crippen LogP contribution in [-0.4, -0.2) is 137 Å². The van der Waals surface area contributed by atoms with Gasteiger partial charge in [-0.3, -0.25) is 4.79 Å². The van der Waals surface area contributed by atoms with E-state index in [-0.39, 0.29) is 12.0 Å². The maximum atomic E-state index is 12.6. The third-order valence-electron chi connectivity index (χ3n) is 7.96. The van der Waals surface area contributed by atoms with E-state index in [1.54, 1.807) is 31.3 Å². The van der Waals surface area contributed by atoms with Crippen molar-refractivity contribution in [1.29, 1.82) is 0 Å². The van der Waals surface area contributed by atoms with Gasteiger partial charge in [-0.1, -0.05) is 48.5 Å². The average Bonchev–Trinajstić information content (AvgIpc) is 3.49. The first-order valence-corrected chi connectivity index (χ1v) is 17.5. The molecule has 0 N–H and O–H groups in total. The van der Waals surface area contributed by atoms with Crippen molar-refractivity contribution >= 4 is 12.4 Å². The molecule has 1 aliphatic carbocycles. The number of hydrogen-bond donors (Lipinski definition) is 0. The smallest absolute Gasteiger partial charge is 0.409 e. The summed E-state index contributed by atoms with van der Waals surface area (Å²) >= 11 is 0.